The molecular weight excluding hydrogens is 254 g/mol. The largest absolute Gasteiger partial charge is 0.480 e. The maximum Gasteiger partial charge on any atom is 0.324 e. The fourth-order valence-corrected chi connectivity index (χ4v) is 2.62. The van der Waals surface area contributed by atoms with E-state index in [1.807, 2.05) is 0 Å². The number of aliphatic carboxylic acids is 1. The van der Waals surface area contributed by atoms with Gasteiger partial charge in [-0.1, -0.05) is 6.92 Å². The van der Waals surface area contributed by atoms with Gasteiger partial charge in [0.15, 0.2) is 0 Å². The predicted octanol–water partition coefficient (Wildman–Crippen LogP) is 1.25. The number of piperazine rings is 1. The van der Waals surface area contributed by atoms with Crippen molar-refractivity contribution in [2.45, 2.75) is 52.1 Å². The Kier molecular flexibility index (Phi) is 5.98. The molecule has 0 aromatic heterocycles. The van der Waals surface area contributed by atoms with E-state index in [1.54, 1.807) is 6.92 Å². The first-order chi connectivity index (χ1) is 9.19. The molecule has 1 aliphatic heterocycles. The first-order valence-electron chi connectivity index (χ1n) is 7.65. The molecule has 118 valence electrons. The molecule has 1 aliphatic rings. The van der Waals surface area contributed by atoms with Crippen LogP contribution in [0.4, 0.5) is 0 Å². The fraction of sp³-hybridized carbons (Fsp3) is 0.933. The van der Waals surface area contributed by atoms with Crippen LogP contribution in [0.25, 0.3) is 0 Å². The standard InChI is InChI=1S/C15H31N3O2/c1-6-7-16-15(5,13(19)20)12-17-8-10-18(11-9-17)14(2,3)4/h16H,6-12H2,1-5H3,(H,19,20). The monoisotopic (exact) mass is 285 g/mol. The molecule has 20 heavy (non-hydrogen) atoms. The Balaban J connectivity index is 2.54. The lowest BCUT2D eigenvalue weighted by Crippen LogP contribution is -2.61. The van der Waals surface area contributed by atoms with Crippen molar-refractivity contribution in [2.75, 3.05) is 39.3 Å². The van der Waals surface area contributed by atoms with Crippen LogP contribution < -0.4 is 5.32 Å². The number of carboxylic acid groups (broad SMARTS) is 1. The normalized spacial score (nSPS) is 21.6. The lowest BCUT2D eigenvalue weighted by molar-refractivity contribution is -0.145. The molecule has 5 nitrogen and oxygen atoms in total. The number of nitrogens with one attached hydrogen (secondary N) is 1. The summed E-state index contributed by atoms with van der Waals surface area (Å²) in [6, 6.07) is 0. The highest BCUT2D eigenvalue weighted by Crippen LogP contribution is 2.17. The van der Waals surface area contributed by atoms with Crippen LogP contribution in [0.5, 0.6) is 0 Å². The maximum atomic E-state index is 11.5. The van der Waals surface area contributed by atoms with Crippen LogP contribution >= 0.6 is 0 Å². The van der Waals surface area contributed by atoms with Gasteiger partial charge in [0.2, 0.25) is 0 Å². The van der Waals surface area contributed by atoms with Gasteiger partial charge in [0.25, 0.3) is 0 Å². The minimum Gasteiger partial charge on any atom is -0.480 e. The third-order valence-corrected chi connectivity index (χ3v) is 4.10. The van der Waals surface area contributed by atoms with E-state index < -0.39 is 11.5 Å². The van der Waals surface area contributed by atoms with Crippen LogP contribution in [-0.2, 0) is 4.79 Å². The van der Waals surface area contributed by atoms with Crippen molar-refractivity contribution in [3.05, 3.63) is 0 Å². The van der Waals surface area contributed by atoms with Crippen LogP contribution in [-0.4, -0.2) is 71.2 Å². The van der Waals surface area contributed by atoms with Crippen molar-refractivity contribution < 1.29 is 9.90 Å². The van der Waals surface area contributed by atoms with Crippen molar-refractivity contribution in [3.8, 4) is 0 Å². The van der Waals surface area contributed by atoms with E-state index in [4.69, 9.17) is 0 Å². The lowest BCUT2D eigenvalue weighted by atomic mass is 10.00. The van der Waals surface area contributed by atoms with Crippen LogP contribution in [0, 0.1) is 0 Å². The molecule has 1 unspecified atom stereocenters. The van der Waals surface area contributed by atoms with Gasteiger partial charge in [0, 0.05) is 38.3 Å². The molecule has 1 fully saturated rings. The zero-order chi connectivity index (χ0) is 15.4. The van der Waals surface area contributed by atoms with E-state index in [9.17, 15) is 9.90 Å². The summed E-state index contributed by atoms with van der Waals surface area (Å²) in [6.45, 7) is 15.7. The van der Waals surface area contributed by atoms with Crippen LogP contribution in [0.2, 0.25) is 0 Å². The summed E-state index contributed by atoms with van der Waals surface area (Å²) < 4.78 is 0. The van der Waals surface area contributed by atoms with Crippen molar-refractivity contribution in [3.63, 3.8) is 0 Å². The van der Waals surface area contributed by atoms with Crippen molar-refractivity contribution in [2.24, 2.45) is 0 Å². The van der Waals surface area contributed by atoms with Gasteiger partial charge in [0.1, 0.15) is 5.54 Å². The van der Waals surface area contributed by atoms with Crippen molar-refractivity contribution in [1.29, 1.82) is 0 Å². The van der Waals surface area contributed by atoms with Gasteiger partial charge in [-0.25, -0.2) is 0 Å². The summed E-state index contributed by atoms with van der Waals surface area (Å²) >= 11 is 0. The van der Waals surface area contributed by atoms with Crippen LogP contribution in [0.15, 0.2) is 0 Å². The molecule has 0 aromatic rings. The zero-order valence-electron chi connectivity index (χ0n) is 13.7. The highest BCUT2D eigenvalue weighted by atomic mass is 16.4. The predicted molar refractivity (Wildman–Crippen MR) is 82.1 cm³/mol. The molecule has 0 radical (unpaired) electrons. The Labute approximate surface area is 123 Å². The molecule has 0 aliphatic carbocycles. The summed E-state index contributed by atoms with van der Waals surface area (Å²) in [5.74, 6) is -0.760. The Morgan fingerprint density at radius 1 is 1.15 bits per heavy atom. The molecule has 0 amide bonds. The number of carbonyl (C=O) groups is 1. The smallest absolute Gasteiger partial charge is 0.324 e. The second-order valence-corrected chi connectivity index (χ2v) is 7.00. The van der Waals surface area contributed by atoms with Crippen molar-refractivity contribution in [1.82, 2.24) is 15.1 Å². The molecule has 0 saturated carbocycles. The number of hydrogen-bond donors (Lipinski definition) is 2. The molecule has 1 rings (SSSR count). The van der Waals surface area contributed by atoms with E-state index in [0.717, 1.165) is 39.1 Å². The summed E-state index contributed by atoms with van der Waals surface area (Å²) in [7, 11) is 0. The SMILES string of the molecule is CCCNC(C)(CN1CCN(C(C)(C)C)CC1)C(=O)O. The van der Waals surface area contributed by atoms with Gasteiger partial charge >= 0.3 is 5.97 Å². The van der Waals surface area contributed by atoms with Gasteiger partial charge in [-0.3, -0.25) is 14.6 Å². The first kappa shape index (κ1) is 17.4. The van der Waals surface area contributed by atoms with E-state index in [2.05, 4.69) is 42.8 Å². The van der Waals surface area contributed by atoms with E-state index in [-0.39, 0.29) is 5.54 Å². The second-order valence-electron chi connectivity index (χ2n) is 7.00. The topological polar surface area (TPSA) is 55.8 Å². The van der Waals surface area contributed by atoms with Gasteiger partial charge in [-0.2, -0.15) is 0 Å². The number of nitrogens with zero attached hydrogens (tertiary/aromatic N) is 2. The highest BCUT2D eigenvalue weighted by Gasteiger charge is 2.36. The average Bonchev–Trinajstić information content (AvgIpc) is 2.35. The number of carboxylic acids is 1. The van der Waals surface area contributed by atoms with Gasteiger partial charge in [-0.15, -0.1) is 0 Å². The molecule has 0 aromatic carbocycles. The Morgan fingerprint density at radius 2 is 1.70 bits per heavy atom. The van der Waals surface area contributed by atoms with E-state index in [0.29, 0.717) is 6.54 Å². The molecule has 1 saturated heterocycles. The minimum absolute atomic E-state index is 0.197. The quantitative estimate of drug-likeness (QED) is 0.769. The third-order valence-electron chi connectivity index (χ3n) is 4.10. The lowest BCUT2D eigenvalue weighted by Gasteiger charge is -2.44. The summed E-state index contributed by atoms with van der Waals surface area (Å²) in [4.78, 5) is 16.2. The molecule has 0 bridgehead atoms. The Morgan fingerprint density at radius 3 is 2.10 bits per heavy atom. The summed E-state index contributed by atoms with van der Waals surface area (Å²) in [5.41, 5.74) is -0.650. The van der Waals surface area contributed by atoms with E-state index >= 15 is 0 Å². The molecule has 1 atom stereocenters. The van der Waals surface area contributed by atoms with Gasteiger partial charge < -0.3 is 10.4 Å². The Bertz CT molecular complexity index is 320. The number of hydrogen-bond acceptors (Lipinski definition) is 4. The van der Waals surface area contributed by atoms with E-state index in [1.165, 1.54) is 0 Å². The van der Waals surface area contributed by atoms with Crippen LogP contribution in [0.1, 0.15) is 41.0 Å². The summed E-state index contributed by atoms with van der Waals surface area (Å²) in [5, 5.41) is 12.7. The highest BCUT2D eigenvalue weighted by molar-refractivity contribution is 5.78. The summed E-state index contributed by atoms with van der Waals surface area (Å²) in [6.07, 6.45) is 0.945. The van der Waals surface area contributed by atoms with Crippen molar-refractivity contribution >= 4 is 5.97 Å². The average molecular weight is 285 g/mol. The minimum atomic E-state index is -0.847. The molecule has 1 heterocycles. The fourth-order valence-electron chi connectivity index (χ4n) is 2.62. The first-order valence-corrected chi connectivity index (χ1v) is 7.65. The number of rotatable bonds is 6. The Hall–Kier alpha value is -0.650. The zero-order valence-corrected chi connectivity index (χ0v) is 13.7. The molecule has 5 heteroatoms. The van der Waals surface area contributed by atoms with Gasteiger partial charge in [-0.05, 0) is 40.7 Å². The second kappa shape index (κ2) is 6.87. The van der Waals surface area contributed by atoms with Crippen LogP contribution in [0.3, 0.4) is 0 Å². The third kappa shape index (κ3) is 4.72. The molecule has 0 spiro atoms. The maximum absolute atomic E-state index is 11.5. The molecule has 2 N–H and O–H groups in total. The molecular formula is C15H31N3O2. The van der Waals surface area contributed by atoms with Gasteiger partial charge in [0.05, 0.1) is 0 Å².